The fourth-order valence-electron chi connectivity index (χ4n) is 1.78. The first-order valence-corrected chi connectivity index (χ1v) is 5.63. The predicted octanol–water partition coefficient (Wildman–Crippen LogP) is 1.71. The normalized spacial score (nSPS) is 11.4. The highest BCUT2D eigenvalue weighted by atomic mass is 16.6. The molecule has 8 heteroatoms. The molecule has 0 radical (unpaired) electrons. The summed E-state index contributed by atoms with van der Waals surface area (Å²) in [5.41, 5.74) is 0.860. The number of para-hydroxylation sites is 2. The van der Waals surface area contributed by atoms with Crippen LogP contribution >= 0.6 is 0 Å². The monoisotopic (exact) mass is 272 g/mol. The van der Waals surface area contributed by atoms with Gasteiger partial charge in [-0.3, -0.25) is 10.1 Å². The second-order valence-electron chi connectivity index (χ2n) is 3.94. The fourth-order valence-corrected chi connectivity index (χ4v) is 1.78. The number of imidazole rings is 1. The minimum Gasteiger partial charge on any atom is -0.400 e. The van der Waals surface area contributed by atoms with E-state index in [1.807, 2.05) is 0 Å². The molecule has 0 bridgehead atoms. The lowest BCUT2D eigenvalue weighted by atomic mass is 10.3. The third kappa shape index (κ3) is 1.99. The van der Waals surface area contributed by atoms with Crippen molar-refractivity contribution in [3.63, 3.8) is 0 Å². The summed E-state index contributed by atoms with van der Waals surface area (Å²) in [6.45, 7) is 0. The van der Waals surface area contributed by atoms with Gasteiger partial charge in [0.05, 0.1) is 23.3 Å². The van der Waals surface area contributed by atoms with E-state index in [1.54, 1.807) is 24.3 Å². The number of H-pyrrole nitrogens is 1. The molecule has 0 saturated heterocycles. The maximum Gasteiger partial charge on any atom is 0.433 e. The zero-order valence-corrected chi connectivity index (χ0v) is 10.0. The van der Waals surface area contributed by atoms with Gasteiger partial charge in [-0.2, -0.15) is 9.78 Å². The van der Waals surface area contributed by atoms with Crippen LogP contribution in [0.1, 0.15) is 5.76 Å². The highest BCUT2D eigenvalue weighted by Gasteiger charge is 2.10. The lowest BCUT2D eigenvalue weighted by Gasteiger charge is -1.92. The van der Waals surface area contributed by atoms with E-state index in [9.17, 15) is 14.9 Å². The number of hydrogen-bond acceptors (Lipinski definition) is 5. The summed E-state index contributed by atoms with van der Waals surface area (Å²) in [6.07, 6.45) is 1.24. The number of fused-ring (bicyclic) bond motifs is 1. The molecule has 0 aliphatic carbocycles. The first-order valence-electron chi connectivity index (χ1n) is 5.63. The molecule has 0 aliphatic rings. The Morgan fingerprint density at radius 1 is 1.30 bits per heavy atom. The summed E-state index contributed by atoms with van der Waals surface area (Å²) in [6, 6.07) is 9.68. The van der Waals surface area contributed by atoms with Gasteiger partial charge in [-0.1, -0.05) is 12.1 Å². The van der Waals surface area contributed by atoms with Gasteiger partial charge >= 0.3 is 11.6 Å². The first kappa shape index (κ1) is 11.9. The van der Waals surface area contributed by atoms with Crippen molar-refractivity contribution in [1.82, 2.24) is 9.66 Å². The van der Waals surface area contributed by atoms with Crippen molar-refractivity contribution >= 4 is 23.1 Å². The minimum atomic E-state index is -0.644. The SMILES string of the molecule is O=c1[nH]c2ccccc2n1N=Cc1ccc([N+](=O)[O-])o1. The molecule has 0 spiro atoms. The van der Waals surface area contributed by atoms with Crippen LogP contribution in [-0.4, -0.2) is 20.8 Å². The van der Waals surface area contributed by atoms with Crippen LogP contribution in [0.2, 0.25) is 0 Å². The molecule has 0 atom stereocenters. The number of rotatable bonds is 3. The highest BCUT2D eigenvalue weighted by molar-refractivity contribution is 5.79. The molecule has 0 unspecified atom stereocenters. The summed E-state index contributed by atoms with van der Waals surface area (Å²) >= 11 is 0. The molecular weight excluding hydrogens is 264 g/mol. The highest BCUT2D eigenvalue weighted by Crippen LogP contribution is 2.14. The average Bonchev–Trinajstić information content (AvgIpc) is 3.00. The van der Waals surface area contributed by atoms with E-state index in [0.29, 0.717) is 11.0 Å². The molecule has 3 rings (SSSR count). The summed E-state index contributed by atoms with van der Waals surface area (Å²) in [5, 5.41) is 14.5. The van der Waals surface area contributed by atoms with Crippen LogP contribution < -0.4 is 5.69 Å². The molecule has 0 aliphatic heterocycles. The Morgan fingerprint density at radius 2 is 2.10 bits per heavy atom. The number of aromatic amines is 1. The largest absolute Gasteiger partial charge is 0.433 e. The van der Waals surface area contributed by atoms with Crippen molar-refractivity contribution in [2.24, 2.45) is 5.10 Å². The zero-order chi connectivity index (χ0) is 14.1. The van der Waals surface area contributed by atoms with Crippen LogP contribution in [0.5, 0.6) is 0 Å². The molecule has 8 nitrogen and oxygen atoms in total. The van der Waals surface area contributed by atoms with Crippen LogP contribution in [-0.2, 0) is 0 Å². The van der Waals surface area contributed by atoms with Crippen LogP contribution in [0, 0.1) is 10.1 Å². The van der Waals surface area contributed by atoms with Gasteiger partial charge in [-0.15, -0.1) is 0 Å². The molecule has 1 N–H and O–H groups in total. The standard InChI is InChI=1S/C12H8N4O4/c17-12-14-9-3-1-2-4-10(9)15(12)13-7-8-5-6-11(20-8)16(18)19/h1-7H,(H,14,17). The molecule has 2 heterocycles. The quantitative estimate of drug-likeness (QED) is 0.445. The maximum atomic E-state index is 11.7. The third-order valence-corrected chi connectivity index (χ3v) is 2.66. The van der Waals surface area contributed by atoms with Crippen molar-refractivity contribution in [2.75, 3.05) is 0 Å². The Balaban J connectivity index is 2.00. The molecule has 3 aromatic rings. The Labute approximate surface area is 111 Å². The number of nitrogens with zero attached hydrogens (tertiary/aromatic N) is 3. The van der Waals surface area contributed by atoms with E-state index in [0.717, 1.165) is 4.68 Å². The van der Waals surface area contributed by atoms with E-state index >= 15 is 0 Å². The molecule has 0 amide bonds. The van der Waals surface area contributed by atoms with Gasteiger partial charge in [0, 0.05) is 0 Å². The van der Waals surface area contributed by atoms with Gasteiger partial charge in [0.2, 0.25) is 0 Å². The van der Waals surface area contributed by atoms with Crippen LogP contribution in [0.25, 0.3) is 11.0 Å². The average molecular weight is 272 g/mol. The first-order chi connectivity index (χ1) is 9.65. The van der Waals surface area contributed by atoms with E-state index in [2.05, 4.69) is 10.1 Å². The Morgan fingerprint density at radius 3 is 2.85 bits per heavy atom. The maximum absolute atomic E-state index is 11.7. The number of nitro groups is 1. The van der Waals surface area contributed by atoms with Crippen LogP contribution in [0.4, 0.5) is 5.88 Å². The summed E-state index contributed by atoms with van der Waals surface area (Å²) in [4.78, 5) is 24.2. The Kier molecular flexibility index (Phi) is 2.68. The van der Waals surface area contributed by atoms with Crippen LogP contribution in [0.3, 0.4) is 0 Å². The van der Waals surface area contributed by atoms with Gasteiger partial charge in [-0.25, -0.2) is 4.79 Å². The second kappa shape index (κ2) is 4.50. The lowest BCUT2D eigenvalue weighted by Crippen LogP contribution is -2.12. The Hall–Kier alpha value is -3.16. The second-order valence-corrected chi connectivity index (χ2v) is 3.94. The summed E-state index contributed by atoms with van der Waals surface area (Å²) in [5.74, 6) is -0.188. The van der Waals surface area contributed by atoms with Gasteiger partial charge in [-0.05, 0) is 18.2 Å². The minimum absolute atomic E-state index is 0.189. The zero-order valence-electron chi connectivity index (χ0n) is 10.0. The van der Waals surface area contributed by atoms with Gasteiger partial charge in [0.25, 0.3) is 0 Å². The number of benzene rings is 1. The van der Waals surface area contributed by atoms with Gasteiger partial charge < -0.3 is 9.40 Å². The molecule has 0 fully saturated rings. The van der Waals surface area contributed by atoms with Crippen molar-refractivity contribution < 1.29 is 9.34 Å². The third-order valence-electron chi connectivity index (χ3n) is 2.66. The predicted molar refractivity (Wildman–Crippen MR) is 70.9 cm³/mol. The molecule has 0 saturated carbocycles. The molecule has 2 aromatic heterocycles. The number of nitrogens with one attached hydrogen (secondary N) is 1. The van der Waals surface area contributed by atoms with E-state index in [-0.39, 0.29) is 11.6 Å². The van der Waals surface area contributed by atoms with Crippen LogP contribution in [0.15, 0.2) is 50.7 Å². The van der Waals surface area contributed by atoms with E-state index in [4.69, 9.17) is 4.42 Å². The number of aromatic nitrogens is 2. The summed E-state index contributed by atoms with van der Waals surface area (Å²) in [7, 11) is 0. The van der Waals surface area contributed by atoms with Crippen molar-refractivity contribution in [3.05, 3.63) is 62.8 Å². The van der Waals surface area contributed by atoms with Crippen molar-refractivity contribution in [1.29, 1.82) is 0 Å². The fraction of sp³-hybridized carbons (Fsp3) is 0. The Bertz CT molecular complexity index is 871. The van der Waals surface area contributed by atoms with Gasteiger partial charge in [0.1, 0.15) is 4.92 Å². The smallest absolute Gasteiger partial charge is 0.400 e. The molecule has 20 heavy (non-hydrogen) atoms. The summed E-state index contributed by atoms with van der Waals surface area (Å²) < 4.78 is 6.08. The van der Waals surface area contributed by atoms with Crippen molar-refractivity contribution in [3.8, 4) is 0 Å². The number of hydrogen-bond donors (Lipinski definition) is 1. The molecular formula is C12H8N4O4. The molecule has 1 aromatic carbocycles. The van der Waals surface area contributed by atoms with E-state index in [1.165, 1.54) is 18.3 Å². The van der Waals surface area contributed by atoms with E-state index < -0.39 is 10.6 Å². The topological polar surface area (TPSA) is 106 Å². The molecule has 100 valence electrons. The van der Waals surface area contributed by atoms with Crippen molar-refractivity contribution in [2.45, 2.75) is 0 Å². The number of furan rings is 1. The lowest BCUT2D eigenvalue weighted by molar-refractivity contribution is -0.402. The van der Waals surface area contributed by atoms with Gasteiger partial charge in [0.15, 0.2) is 5.76 Å².